The molecule has 1 aliphatic heterocycles. The van der Waals surface area contributed by atoms with Crippen LogP contribution in [-0.2, 0) is 9.47 Å². The smallest absolute Gasteiger partial charge is 0.411 e. The van der Waals surface area contributed by atoms with Gasteiger partial charge < -0.3 is 19.3 Å². The van der Waals surface area contributed by atoms with Crippen LogP contribution in [0.5, 0.6) is 0 Å². The first-order chi connectivity index (χ1) is 20.6. The predicted octanol–water partition coefficient (Wildman–Crippen LogP) is 6.03. The average molecular weight is 587 g/mol. The minimum absolute atomic E-state index is 0.112. The van der Waals surface area contributed by atoms with Gasteiger partial charge in [0.25, 0.3) is 0 Å². The third kappa shape index (κ3) is 7.11. The molecule has 0 spiro atoms. The number of anilines is 1. The first-order valence-electron chi connectivity index (χ1n) is 14.7. The highest BCUT2D eigenvalue weighted by Gasteiger charge is 2.34. The largest absolute Gasteiger partial charge is 0.444 e. The molecular weight excluding hydrogens is 548 g/mol. The van der Waals surface area contributed by atoms with Crippen molar-refractivity contribution in [2.24, 2.45) is 0 Å². The summed E-state index contributed by atoms with van der Waals surface area (Å²) >= 11 is 0. The summed E-state index contributed by atoms with van der Waals surface area (Å²) in [6, 6.07) is 7.15. The molecule has 1 saturated heterocycles. The average Bonchev–Trinajstić information content (AvgIpc) is 3.58. The lowest BCUT2D eigenvalue weighted by atomic mass is 10.0. The van der Waals surface area contributed by atoms with Crippen molar-refractivity contribution < 1.29 is 18.8 Å². The summed E-state index contributed by atoms with van der Waals surface area (Å²) in [7, 11) is 0. The Hall–Kier alpha value is -4.50. The zero-order valence-electron chi connectivity index (χ0n) is 25.3. The number of ether oxygens (including phenoxy) is 2. The van der Waals surface area contributed by atoms with Gasteiger partial charge in [0.1, 0.15) is 23.4 Å². The molecular formula is C31H38N8O4. The SMILES string of the molecule is C1CCC1.CC(C)Nc1cc(-n2ncc3cc(C#N)cnc32)ncc1-c1cc(C2COCCN2C(=O)OC(C)(C)C)no1. The van der Waals surface area contributed by atoms with Crippen LogP contribution in [0, 0.1) is 11.3 Å². The number of hydrogen-bond acceptors (Lipinski definition) is 10. The second-order valence-electron chi connectivity index (χ2n) is 12.0. The zero-order valence-corrected chi connectivity index (χ0v) is 25.3. The fourth-order valence-corrected chi connectivity index (χ4v) is 4.55. The summed E-state index contributed by atoms with van der Waals surface area (Å²) in [5.41, 5.74) is 2.45. The number of fused-ring (bicyclic) bond motifs is 1. The maximum atomic E-state index is 12.9. The van der Waals surface area contributed by atoms with E-state index in [1.165, 1.54) is 31.9 Å². The summed E-state index contributed by atoms with van der Waals surface area (Å²) < 4.78 is 18.6. The van der Waals surface area contributed by atoms with Crippen LogP contribution in [-0.4, -0.2) is 67.3 Å². The molecule has 1 unspecified atom stereocenters. The maximum Gasteiger partial charge on any atom is 0.411 e. The lowest BCUT2D eigenvalue weighted by Gasteiger charge is -2.35. The van der Waals surface area contributed by atoms with E-state index in [1.54, 1.807) is 34.1 Å². The predicted molar refractivity (Wildman–Crippen MR) is 161 cm³/mol. The van der Waals surface area contributed by atoms with Crippen molar-refractivity contribution in [3.8, 4) is 23.2 Å². The Morgan fingerprint density at radius 3 is 2.56 bits per heavy atom. The van der Waals surface area contributed by atoms with E-state index >= 15 is 0 Å². The van der Waals surface area contributed by atoms with E-state index in [1.807, 2.05) is 40.7 Å². The molecule has 1 amide bonds. The standard InChI is InChI=1S/C27H30N8O4.C4H8/c1-16(2)32-20-10-24(35-25-18(13-31-35)8-17(11-28)12-30-25)29-14-19(20)23-9-21(33-39-23)22-15-37-7-6-34(22)26(36)38-27(3,4)5;1-2-4-3-1/h8-10,12-14,16,22H,6-7,15H2,1-5H3,(H,29,32);1-4H2. The highest BCUT2D eigenvalue weighted by Crippen LogP contribution is 2.34. The number of nitriles is 1. The van der Waals surface area contributed by atoms with E-state index < -0.39 is 17.7 Å². The Morgan fingerprint density at radius 2 is 1.88 bits per heavy atom. The normalized spacial score (nSPS) is 16.7. The van der Waals surface area contributed by atoms with Gasteiger partial charge in [-0.05, 0) is 40.7 Å². The van der Waals surface area contributed by atoms with Crippen LogP contribution >= 0.6 is 0 Å². The highest BCUT2D eigenvalue weighted by molar-refractivity contribution is 5.79. The quantitative estimate of drug-likeness (QED) is 0.294. The van der Waals surface area contributed by atoms with Gasteiger partial charge in [-0.25, -0.2) is 14.8 Å². The molecule has 6 rings (SSSR count). The number of pyridine rings is 2. The Balaban J connectivity index is 0.000000850. The number of carbonyl (C=O) groups is 1. The van der Waals surface area contributed by atoms with Crippen molar-refractivity contribution in [3.05, 3.63) is 48.0 Å². The Bertz CT molecular complexity index is 1610. The van der Waals surface area contributed by atoms with Gasteiger partial charge in [0, 0.05) is 42.5 Å². The van der Waals surface area contributed by atoms with E-state index in [0.29, 0.717) is 47.2 Å². The second-order valence-corrected chi connectivity index (χ2v) is 12.0. The lowest BCUT2D eigenvalue weighted by molar-refractivity contribution is -0.0346. The summed E-state index contributed by atoms with van der Waals surface area (Å²) in [5.74, 6) is 1.04. The van der Waals surface area contributed by atoms with Crippen molar-refractivity contribution in [2.75, 3.05) is 25.1 Å². The number of rotatable bonds is 5. The van der Waals surface area contributed by atoms with Crippen LogP contribution in [0.1, 0.15) is 77.6 Å². The molecule has 0 aromatic carbocycles. The molecule has 2 fully saturated rings. The maximum absolute atomic E-state index is 12.9. The number of morpholine rings is 1. The number of hydrogen-bond donors (Lipinski definition) is 1. The van der Waals surface area contributed by atoms with E-state index in [-0.39, 0.29) is 12.6 Å². The van der Waals surface area contributed by atoms with Crippen molar-refractivity contribution >= 4 is 22.8 Å². The first-order valence-corrected chi connectivity index (χ1v) is 14.7. The topological polar surface area (TPSA) is 144 Å². The van der Waals surface area contributed by atoms with Crippen LogP contribution < -0.4 is 5.32 Å². The molecule has 1 atom stereocenters. The van der Waals surface area contributed by atoms with Gasteiger partial charge >= 0.3 is 6.09 Å². The Morgan fingerprint density at radius 1 is 1.12 bits per heavy atom. The van der Waals surface area contributed by atoms with Crippen LogP contribution in [0.4, 0.5) is 10.5 Å². The van der Waals surface area contributed by atoms with Gasteiger partial charge in [-0.3, -0.25) is 4.90 Å². The third-order valence-electron chi connectivity index (χ3n) is 6.98. The van der Waals surface area contributed by atoms with E-state index in [2.05, 4.69) is 31.6 Å². The second kappa shape index (κ2) is 12.8. The van der Waals surface area contributed by atoms with Crippen molar-refractivity contribution in [3.63, 3.8) is 0 Å². The van der Waals surface area contributed by atoms with Gasteiger partial charge in [0.05, 0.1) is 36.2 Å². The fourth-order valence-electron chi connectivity index (χ4n) is 4.55. The number of aromatic nitrogens is 5. The van der Waals surface area contributed by atoms with Gasteiger partial charge in [-0.1, -0.05) is 30.8 Å². The molecule has 1 aliphatic carbocycles. The van der Waals surface area contributed by atoms with Crippen molar-refractivity contribution in [1.82, 2.24) is 29.8 Å². The van der Waals surface area contributed by atoms with Gasteiger partial charge in [-0.2, -0.15) is 15.0 Å². The van der Waals surface area contributed by atoms with Crippen LogP contribution in [0.3, 0.4) is 0 Å². The van der Waals surface area contributed by atoms with Gasteiger partial charge in [0.15, 0.2) is 17.2 Å². The summed E-state index contributed by atoms with van der Waals surface area (Å²) in [4.78, 5) is 23.5. The highest BCUT2D eigenvalue weighted by atomic mass is 16.6. The number of carbonyl (C=O) groups excluding carboxylic acids is 1. The van der Waals surface area contributed by atoms with E-state index in [9.17, 15) is 4.79 Å². The first kappa shape index (κ1) is 30.0. The lowest BCUT2D eigenvalue weighted by Crippen LogP contribution is -2.45. The Kier molecular flexibility index (Phi) is 8.92. The molecule has 2 aliphatic rings. The molecule has 1 saturated carbocycles. The molecule has 4 aromatic heterocycles. The van der Waals surface area contributed by atoms with Crippen LogP contribution in [0.2, 0.25) is 0 Å². The number of nitrogens with one attached hydrogen (secondary N) is 1. The van der Waals surface area contributed by atoms with Crippen LogP contribution in [0.15, 0.2) is 41.3 Å². The monoisotopic (exact) mass is 586 g/mol. The molecule has 0 bridgehead atoms. The molecule has 226 valence electrons. The molecule has 5 heterocycles. The summed E-state index contributed by atoms with van der Waals surface area (Å²) in [6.07, 6.45) is 10.4. The molecule has 0 radical (unpaired) electrons. The number of amides is 1. The van der Waals surface area contributed by atoms with Crippen molar-refractivity contribution in [1.29, 1.82) is 5.26 Å². The fraction of sp³-hybridized carbons (Fsp3) is 0.484. The van der Waals surface area contributed by atoms with Crippen molar-refractivity contribution in [2.45, 2.75) is 78.0 Å². The zero-order chi connectivity index (χ0) is 30.6. The molecule has 1 N–H and O–H groups in total. The molecule has 43 heavy (non-hydrogen) atoms. The van der Waals surface area contributed by atoms with E-state index in [4.69, 9.17) is 19.3 Å². The van der Waals surface area contributed by atoms with Crippen LogP contribution in [0.25, 0.3) is 28.2 Å². The van der Waals surface area contributed by atoms with E-state index in [0.717, 1.165) is 11.1 Å². The third-order valence-corrected chi connectivity index (χ3v) is 6.98. The molecule has 4 aromatic rings. The summed E-state index contributed by atoms with van der Waals surface area (Å²) in [6.45, 7) is 10.7. The number of nitrogens with zero attached hydrogens (tertiary/aromatic N) is 7. The van der Waals surface area contributed by atoms with Gasteiger partial charge in [-0.15, -0.1) is 0 Å². The Labute approximate surface area is 251 Å². The van der Waals surface area contributed by atoms with Gasteiger partial charge in [0.2, 0.25) is 0 Å². The minimum Gasteiger partial charge on any atom is -0.444 e. The minimum atomic E-state index is -0.618. The molecule has 12 nitrogen and oxygen atoms in total. The molecule has 12 heteroatoms. The summed E-state index contributed by atoms with van der Waals surface area (Å²) in [5, 5.41) is 22.1.